The fourth-order valence-electron chi connectivity index (χ4n) is 4.58. The van der Waals surface area contributed by atoms with Crippen LogP contribution in [0, 0.1) is 5.82 Å². The van der Waals surface area contributed by atoms with Crippen molar-refractivity contribution in [2.24, 2.45) is 0 Å². The fraction of sp³-hybridized carbons (Fsp3) is 0.188. The molecule has 0 fully saturated rings. The molecule has 11 heteroatoms. The third-order valence-electron chi connectivity index (χ3n) is 6.81. The molecule has 8 nitrogen and oxygen atoms in total. The molecule has 0 saturated carbocycles. The third-order valence-corrected chi connectivity index (χ3v) is 8.88. The Bertz CT molecular complexity index is 1670. The van der Waals surface area contributed by atoms with Gasteiger partial charge < -0.3 is 15.0 Å². The van der Waals surface area contributed by atoms with Crippen LogP contribution >= 0.6 is 11.6 Å². The lowest BCUT2D eigenvalue weighted by atomic mass is 10.0. The predicted molar refractivity (Wildman–Crippen MR) is 164 cm³/mol. The van der Waals surface area contributed by atoms with Crippen LogP contribution in [0.5, 0.6) is 5.75 Å². The van der Waals surface area contributed by atoms with Crippen molar-refractivity contribution in [3.8, 4) is 5.75 Å². The number of rotatable bonds is 12. The molecule has 0 bridgehead atoms. The number of nitrogens with one attached hydrogen (secondary N) is 1. The molecule has 1 atom stereocenters. The van der Waals surface area contributed by atoms with Crippen LogP contribution in [-0.4, -0.2) is 51.9 Å². The molecule has 4 rings (SSSR count). The Hall–Kier alpha value is -4.41. The zero-order chi connectivity index (χ0) is 31.0. The lowest BCUT2D eigenvalue weighted by molar-refractivity contribution is -0.139. The van der Waals surface area contributed by atoms with E-state index in [2.05, 4.69) is 5.32 Å². The molecule has 0 unspecified atom stereocenters. The molecule has 0 heterocycles. The summed E-state index contributed by atoms with van der Waals surface area (Å²) < 4.78 is 48.1. The number of carbonyl (C=O) groups excluding carboxylic acids is 2. The minimum Gasteiger partial charge on any atom is -0.497 e. The highest BCUT2D eigenvalue weighted by Gasteiger charge is 2.34. The van der Waals surface area contributed by atoms with E-state index < -0.39 is 40.2 Å². The van der Waals surface area contributed by atoms with Crippen LogP contribution < -0.4 is 14.4 Å². The van der Waals surface area contributed by atoms with Crippen molar-refractivity contribution < 1.29 is 27.1 Å². The number of carbonyl (C=O) groups is 2. The summed E-state index contributed by atoms with van der Waals surface area (Å²) in [5.74, 6) is -1.27. The molecule has 0 spiro atoms. The number of ether oxygens (including phenoxy) is 1. The zero-order valence-corrected chi connectivity index (χ0v) is 25.2. The van der Waals surface area contributed by atoms with Gasteiger partial charge in [-0.25, -0.2) is 12.8 Å². The summed E-state index contributed by atoms with van der Waals surface area (Å²) >= 11 is 6.03. The molecule has 4 aromatic carbocycles. The third kappa shape index (κ3) is 7.71. The van der Waals surface area contributed by atoms with Crippen LogP contribution in [0.2, 0.25) is 5.02 Å². The molecule has 4 aromatic rings. The maximum absolute atomic E-state index is 14.3. The summed E-state index contributed by atoms with van der Waals surface area (Å²) in [6, 6.07) is 26.2. The van der Waals surface area contributed by atoms with E-state index in [0.717, 1.165) is 22.0 Å². The number of likely N-dealkylation sites (N-methyl/N-ethyl adjacent to an activating group) is 1. The first-order valence-corrected chi connectivity index (χ1v) is 15.2. The maximum Gasteiger partial charge on any atom is 0.264 e. The number of benzene rings is 4. The highest BCUT2D eigenvalue weighted by molar-refractivity contribution is 7.92. The van der Waals surface area contributed by atoms with Crippen LogP contribution in [0.25, 0.3) is 0 Å². The van der Waals surface area contributed by atoms with Crippen LogP contribution in [0.15, 0.2) is 108 Å². The average Bonchev–Trinajstić information content (AvgIpc) is 3.03. The van der Waals surface area contributed by atoms with Gasteiger partial charge in [-0.3, -0.25) is 13.9 Å². The van der Waals surface area contributed by atoms with Crippen molar-refractivity contribution in [3.05, 3.63) is 125 Å². The molecule has 0 radical (unpaired) electrons. The summed E-state index contributed by atoms with van der Waals surface area (Å²) in [6.07, 6.45) is 0.171. The molecular formula is C32H31ClFN3O5S. The van der Waals surface area contributed by atoms with Gasteiger partial charge in [0.2, 0.25) is 11.8 Å². The molecular weight excluding hydrogens is 593 g/mol. The number of anilines is 1. The van der Waals surface area contributed by atoms with E-state index in [9.17, 15) is 22.4 Å². The minimum atomic E-state index is -4.32. The molecule has 0 aromatic heterocycles. The summed E-state index contributed by atoms with van der Waals surface area (Å²) in [4.78, 5) is 28.9. The quantitative estimate of drug-likeness (QED) is 0.238. The van der Waals surface area contributed by atoms with Crippen molar-refractivity contribution in [3.63, 3.8) is 0 Å². The molecule has 0 aliphatic heterocycles. The SMILES string of the molecule is CNC(=O)[C@@H](Cc1ccccc1)N(Cc1cccc(OC)c1)C(=O)CN(c1ccc(F)c(Cl)c1)S(=O)(=O)c1ccccc1. The summed E-state index contributed by atoms with van der Waals surface area (Å²) in [5.41, 5.74) is 1.46. The van der Waals surface area contributed by atoms with Gasteiger partial charge in [-0.05, 0) is 53.6 Å². The smallest absolute Gasteiger partial charge is 0.264 e. The molecule has 224 valence electrons. The summed E-state index contributed by atoms with van der Waals surface area (Å²) in [5, 5.41) is 2.33. The van der Waals surface area contributed by atoms with Gasteiger partial charge in [0.05, 0.1) is 22.7 Å². The number of sulfonamides is 1. The topological polar surface area (TPSA) is 96.0 Å². The van der Waals surface area contributed by atoms with Crippen molar-refractivity contribution in [1.82, 2.24) is 10.2 Å². The summed E-state index contributed by atoms with van der Waals surface area (Å²) in [6.45, 7) is -0.713. The first-order valence-electron chi connectivity index (χ1n) is 13.3. The van der Waals surface area contributed by atoms with Crippen molar-refractivity contribution in [2.45, 2.75) is 23.9 Å². The van der Waals surface area contributed by atoms with Crippen molar-refractivity contribution in [2.75, 3.05) is 25.0 Å². The van der Waals surface area contributed by atoms with Gasteiger partial charge in [0.25, 0.3) is 10.0 Å². The molecule has 2 amide bonds. The predicted octanol–water partition coefficient (Wildman–Crippen LogP) is 5.07. The standard InChI is InChI=1S/C32H31ClFN3O5S/c1-35-32(39)30(19-23-10-5-3-6-11-23)36(21-24-12-9-13-26(18-24)42-2)31(38)22-37(25-16-17-29(34)28(33)20-25)43(40,41)27-14-7-4-8-15-27/h3-18,20,30H,19,21-22H2,1-2H3,(H,35,39)/t30-/m1/s1. The van der Waals surface area contributed by atoms with Gasteiger partial charge in [-0.2, -0.15) is 0 Å². The van der Waals surface area contributed by atoms with E-state index >= 15 is 0 Å². The molecule has 0 aliphatic rings. The second-order valence-electron chi connectivity index (χ2n) is 9.62. The number of amides is 2. The highest BCUT2D eigenvalue weighted by atomic mass is 35.5. The normalized spacial score (nSPS) is 11.8. The van der Waals surface area contributed by atoms with E-state index in [-0.39, 0.29) is 28.6 Å². The number of hydrogen-bond acceptors (Lipinski definition) is 5. The average molecular weight is 624 g/mol. The van der Waals surface area contributed by atoms with Crippen LogP contribution in [-0.2, 0) is 32.6 Å². The highest BCUT2D eigenvalue weighted by Crippen LogP contribution is 2.28. The van der Waals surface area contributed by atoms with Crippen LogP contribution in [0.3, 0.4) is 0 Å². The number of methoxy groups -OCH3 is 1. The van der Waals surface area contributed by atoms with E-state index in [0.29, 0.717) is 11.3 Å². The minimum absolute atomic E-state index is 0.00974. The molecule has 1 N–H and O–H groups in total. The van der Waals surface area contributed by atoms with Gasteiger partial charge in [0, 0.05) is 20.0 Å². The van der Waals surface area contributed by atoms with Gasteiger partial charge in [0.15, 0.2) is 0 Å². The van der Waals surface area contributed by atoms with Gasteiger partial charge in [0.1, 0.15) is 24.2 Å². The number of hydrogen-bond donors (Lipinski definition) is 1. The Balaban J connectivity index is 1.80. The zero-order valence-electron chi connectivity index (χ0n) is 23.6. The Labute approximate surface area is 255 Å². The Morgan fingerprint density at radius 2 is 1.56 bits per heavy atom. The number of halogens is 2. The molecule has 0 saturated heterocycles. The van der Waals surface area contributed by atoms with Crippen molar-refractivity contribution >= 4 is 39.1 Å². The van der Waals surface area contributed by atoms with E-state index in [4.69, 9.17) is 16.3 Å². The monoisotopic (exact) mass is 623 g/mol. The lowest BCUT2D eigenvalue weighted by Crippen LogP contribution is -2.53. The number of nitrogens with zero attached hydrogens (tertiary/aromatic N) is 2. The van der Waals surface area contributed by atoms with E-state index in [1.807, 2.05) is 30.3 Å². The Morgan fingerprint density at radius 3 is 2.19 bits per heavy atom. The Morgan fingerprint density at radius 1 is 0.907 bits per heavy atom. The second kappa shape index (κ2) is 14.2. The van der Waals surface area contributed by atoms with E-state index in [1.54, 1.807) is 42.5 Å². The van der Waals surface area contributed by atoms with Crippen molar-refractivity contribution in [1.29, 1.82) is 0 Å². The molecule has 43 heavy (non-hydrogen) atoms. The largest absolute Gasteiger partial charge is 0.497 e. The van der Waals surface area contributed by atoms with E-state index in [1.165, 1.54) is 37.3 Å². The Kier molecular flexibility index (Phi) is 10.4. The van der Waals surface area contributed by atoms with Gasteiger partial charge in [-0.1, -0.05) is 72.3 Å². The second-order valence-corrected chi connectivity index (χ2v) is 11.9. The first kappa shape index (κ1) is 31.5. The lowest BCUT2D eigenvalue weighted by Gasteiger charge is -2.33. The van der Waals surface area contributed by atoms with Crippen LogP contribution in [0.4, 0.5) is 10.1 Å². The van der Waals surface area contributed by atoms with Gasteiger partial charge in [-0.15, -0.1) is 0 Å². The summed E-state index contributed by atoms with van der Waals surface area (Å²) in [7, 11) is -1.33. The first-order chi connectivity index (χ1) is 20.6. The molecule has 0 aliphatic carbocycles. The van der Waals surface area contributed by atoms with Crippen LogP contribution in [0.1, 0.15) is 11.1 Å². The fourth-order valence-corrected chi connectivity index (χ4v) is 6.18. The van der Waals surface area contributed by atoms with Gasteiger partial charge >= 0.3 is 0 Å². The maximum atomic E-state index is 14.3.